The number of aromatic nitrogens is 2. The van der Waals surface area contributed by atoms with Crippen LogP contribution in [0.1, 0.15) is 49.5 Å². The van der Waals surface area contributed by atoms with Crippen LogP contribution in [0.4, 0.5) is 0 Å². The van der Waals surface area contributed by atoms with Gasteiger partial charge in [-0.3, -0.25) is 14.6 Å². The van der Waals surface area contributed by atoms with E-state index in [1.165, 1.54) is 18.6 Å². The quantitative estimate of drug-likeness (QED) is 0.667. The van der Waals surface area contributed by atoms with Crippen molar-refractivity contribution in [2.24, 2.45) is 0 Å². The molecule has 110 valence electrons. The van der Waals surface area contributed by atoms with E-state index in [0.29, 0.717) is 31.6 Å². The van der Waals surface area contributed by atoms with Crippen LogP contribution in [-0.2, 0) is 4.79 Å². The van der Waals surface area contributed by atoms with Crippen molar-refractivity contribution in [2.45, 2.75) is 39.0 Å². The molecule has 0 aliphatic rings. The van der Waals surface area contributed by atoms with Crippen LogP contribution in [0.2, 0.25) is 0 Å². The molecule has 20 heavy (non-hydrogen) atoms. The number of unbranched alkanes of at least 4 members (excludes halogenated alkanes) is 2. The van der Waals surface area contributed by atoms with E-state index in [1.807, 2.05) is 0 Å². The van der Waals surface area contributed by atoms with E-state index >= 15 is 0 Å². The lowest BCUT2D eigenvalue weighted by Crippen LogP contribution is -2.30. The number of rotatable bonds is 9. The van der Waals surface area contributed by atoms with Gasteiger partial charge in [-0.15, -0.1) is 0 Å². The van der Waals surface area contributed by atoms with Gasteiger partial charge in [-0.05, 0) is 12.8 Å². The van der Waals surface area contributed by atoms with Crippen molar-refractivity contribution in [1.29, 1.82) is 0 Å². The van der Waals surface area contributed by atoms with E-state index in [9.17, 15) is 9.59 Å². The lowest BCUT2D eigenvalue weighted by molar-refractivity contribution is -0.121. The second kappa shape index (κ2) is 9.89. The summed E-state index contributed by atoms with van der Waals surface area (Å²) in [6, 6.07) is 0. The van der Waals surface area contributed by atoms with E-state index in [4.69, 9.17) is 0 Å². The van der Waals surface area contributed by atoms with Crippen molar-refractivity contribution in [3.05, 3.63) is 24.3 Å². The smallest absolute Gasteiger partial charge is 0.271 e. The fraction of sp³-hybridized carbons (Fsp3) is 0.571. The molecule has 6 nitrogen and oxygen atoms in total. The van der Waals surface area contributed by atoms with E-state index in [-0.39, 0.29) is 11.8 Å². The third-order valence-corrected chi connectivity index (χ3v) is 2.76. The average molecular weight is 278 g/mol. The summed E-state index contributed by atoms with van der Waals surface area (Å²) in [5, 5.41) is 5.57. The molecule has 0 saturated carbocycles. The molecule has 0 radical (unpaired) electrons. The zero-order chi connectivity index (χ0) is 14.6. The van der Waals surface area contributed by atoms with Gasteiger partial charge in [-0.2, -0.15) is 0 Å². The van der Waals surface area contributed by atoms with E-state index in [1.54, 1.807) is 0 Å². The van der Waals surface area contributed by atoms with E-state index in [0.717, 1.165) is 19.3 Å². The molecule has 1 heterocycles. The Morgan fingerprint density at radius 1 is 1.10 bits per heavy atom. The Hall–Kier alpha value is -1.98. The molecular weight excluding hydrogens is 256 g/mol. The minimum Gasteiger partial charge on any atom is -0.356 e. The maximum absolute atomic E-state index is 11.6. The van der Waals surface area contributed by atoms with Crippen LogP contribution in [0.5, 0.6) is 0 Å². The standard InChI is InChI=1S/C14H22N4O2/c1-2-3-4-6-13(19)17-7-5-8-18-14(20)12-11-15-9-10-16-12/h9-11H,2-8H2,1H3,(H,17,19)(H,18,20). The van der Waals surface area contributed by atoms with Crippen LogP contribution in [0.3, 0.4) is 0 Å². The van der Waals surface area contributed by atoms with Gasteiger partial charge in [0.2, 0.25) is 5.91 Å². The van der Waals surface area contributed by atoms with Crippen LogP contribution < -0.4 is 10.6 Å². The van der Waals surface area contributed by atoms with Gasteiger partial charge in [0.15, 0.2) is 0 Å². The van der Waals surface area contributed by atoms with Gasteiger partial charge in [0.05, 0.1) is 6.20 Å². The Kier molecular flexibility index (Phi) is 7.95. The molecule has 0 bridgehead atoms. The zero-order valence-electron chi connectivity index (χ0n) is 11.9. The van der Waals surface area contributed by atoms with Gasteiger partial charge >= 0.3 is 0 Å². The van der Waals surface area contributed by atoms with Crippen molar-refractivity contribution in [2.75, 3.05) is 13.1 Å². The molecule has 2 amide bonds. The number of nitrogens with one attached hydrogen (secondary N) is 2. The molecule has 6 heteroatoms. The average Bonchev–Trinajstić information content (AvgIpc) is 2.48. The van der Waals surface area contributed by atoms with Crippen LogP contribution in [-0.4, -0.2) is 34.9 Å². The van der Waals surface area contributed by atoms with Crippen LogP contribution in [0.15, 0.2) is 18.6 Å². The number of hydrogen-bond donors (Lipinski definition) is 2. The largest absolute Gasteiger partial charge is 0.356 e. The minimum absolute atomic E-state index is 0.0821. The van der Waals surface area contributed by atoms with Gasteiger partial charge < -0.3 is 10.6 Å². The van der Waals surface area contributed by atoms with Crippen LogP contribution in [0, 0.1) is 0 Å². The Morgan fingerprint density at radius 3 is 2.60 bits per heavy atom. The first-order chi connectivity index (χ1) is 9.74. The monoisotopic (exact) mass is 278 g/mol. The summed E-state index contributed by atoms with van der Waals surface area (Å²) in [7, 11) is 0. The van der Waals surface area contributed by atoms with Crippen molar-refractivity contribution in [1.82, 2.24) is 20.6 Å². The summed E-state index contributed by atoms with van der Waals surface area (Å²) in [6.07, 6.45) is 8.83. The third-order valence-electron chi connectivity index (χ3n) is 2.76. The number of amides is 2. The molecule has 0 aliphatic carbocycles. The second-order valence-corrected chi connectivity index (χ2v) is 4.51. The highest BCUT2D eigenvalue weighted by atomic mass is 16.2. The lowest BCUT2D eigenvalue weighted by atomic mass is 10.2. The van der Waals surface area contributed by atoms with Gasteiger partial charge in [0.25, 0.3) is 5.91 Å². The summed E-state index contributed by atoms with van der Waals surface area (Å²) in [4.78, 5) is 30.8. The van der Waals surface area contributed by atoms with Gasteiger partial charge in [0.1, 0.15) is 5.69 Å². The fourth-order valence-corrected chi connectivity index (χ4v) is 1.65. The highest BCUT2D eigenvalue weighted by Gasteiger charge is 2.05. The maximum Gasteiger partial charge on any atom is 0.271 e. The minimum atomic E-state index is -0.243. The molecule has 0 fully saturated rings. The van der Waals surface area contributed by atoms with E-state index in [2.05, 4.69) is 27.5 Å². The Bertz CT molecular complexity index is 409. The SMILES string of the molecule is CCCCCC(=O)NCCCNC(=O)c1cnccn1. The number of hydrogen-bond acceptors (Lipinski definition) is 4. The molecular formula is C14H22N4O2. The summed E-state index contributed by atoms with van der Waals surface area (Å²) < 4.78 is 0. The third kappa shape index (κ3) is 6.82. The normalized spacial score (nSPS) is 10.1. The highest BCUT2D eigenvalue weighted by molar-refractivity contribution is 5.91. The molecule has 0 unspecified atom stereocenters. The van der Waals surface area contributed by atoms with Gasteiger partial charge in [-0.1, -0.05) is 19.8 Å². The fourth-order valence-electron chi connectivity index (χ4n) is 1.65. The molecule has 1 aromatic rings. The summed E-state index contributed by atoms with van der Waals surface area (Å²) in [5.74, 6) is -0.161. The van der Waals surface area contributed by atoms with Crippen molar-refractivity contribution < 1.29 is 9.59 Å². The molecule has 0 saturated heterocycles. The summed E-state index contributed by atoms with van der Waals surface area (Å²) in [5.41, 5.74) is 0.302. The maximum atomic E-state index is 11.6. The Balaban J connectivity index is 2.05. The zero-order valence-corrected chi connectivity index (χ0v) is 11.9. The van der Waals surface area contributed by atoms with Crippen molar-refractivity contribution in [3.63, 3.8) is 0 Å². The summed E-state index contributed by atoms with van der Waals surface area (Å²) >= 11 is 0. The predicted molar refractivity (Wildman–Crippen MR) is 76.1 cm³/mol. The molecule has 0 spiro atoms. The molecule has 1 rings (SSSR count). The first-order valence-electron chi connectivity index (χ1n) is 7.05. The second-order valence-electron chi connectivity index (χ2n) is 4.51. The topological polar surface area (TPSA) is 84.0 Å². The van der Waals surface area contributed by atoms with Crippen LogP contribution >= 0.6 is 0 Å². The highest BCUT2D eigenvalue weighted by Crippen LogP contribution is 1.98. The van der Waals surface area contributed by atoms with E-state index < -0.39 is 0 Å². The first kappa shape index (κ1) is 16.1. The Morgan fingerprint density at radius 2 is 1.90 bits per heavy atom. The molecule has 1 aromatic heterocycles. The molecule has 0 aromatic carbocycles. The Labute approximate surface area is 119 Å². The predicted octanol–water partition coefficient (Wildman–Crippen LogP) is 1.29. The summed E-state index contributed by atoms with van der Waals surface area (Å²) in [6.45, 7) is 3.19. The number of nitrogens with zero attached hydrogens (tertiary/aromatic N) is 2. The number of carbonyl (C=O) groups excluding carboxylic acids is 2. The van der Waals surface area contributed by atoms with Crippen LogP contribution in [0.25, 0.3) is 0 Å². The van der Waals surface area contributed by atoms with Crippen molar-refractivity contribution >= 4 is 11.8 Å². The van der Waals surface area contributed by atoms with Crippen molar-refractivity contribution in [3.8, 4) is 0 Å². The van der Waals surface area contributed by atoms with Gasteiger partial charge in [-0.25, -0.2) is 4.98 Å². The first-order valence-corrected chi connectivity index (χ1v) is 7.05. The molecule has 0 atom stereocenters. The lowest BCUT2D eigenvalue weighted by Gasteiger charge is -2.06. The molecule has 0 aliphatic heterocycles. The van der Waals surface area contributed by atoms with Gasteiger partial charge in [0, 0.05) is 31.9 Å². The number of carbonyl (C=O) groups is 2. The molecule has 2 N–H and O–H groups in total.